The second-order valence-corrected chi connectivity index (χ2v) is 3.49. The molecular weight excluding hydrogens is 118 g/mol. The maximum atomic E-state index is 6.46. The molecule has 0 amide bonds. The molecule has 0 bridgehead atoms. The van der Waals surface area contributed by atoms with Gasteiger partial charge in [0.05, 0.1) is 5.75 Å². The summed E-state index contributed by atoms with van der Waals surface area (Å²) in [5.41, 5.74) is 0. The van der Waals surface area contributed by atoms with Gasteiger partial charge >= 0.3 is 0 Å². The lowest BCUT2D eigenvalue weighted by Gasteiger charge is -1.97. The van der Waals surface area contributed by atoms with Crippen LogP contribution in [0.4, 0.5) is 0 Å². The SMILES string of the molecule is [C-]#[N+]CCSC(C)C. The highest BCUT2D eigenvalue weighted by Gasteiger charge is 1.92. The van der Waals surface area contributed by atoms with Gasteiger partial charge in [-0.25, -0.2) is 6.57 Å². The predicted octanol–water partition coefficient (Wildman–Crippen LogP) is 2.05. The van der Waals surface area contributed by atoms with E-state index in [2.05, 4.69) is 18.7 Å². The summed E-state index contributed by atoms with van der Waals surface area (Å²) in [7, 11) is 0. The van der Waals surface area contributed by atoms with Crippen molar-refractivity contribution in [3.05, 3.63) is 11.4 Å². The normalized spacial score (nSPS) is 9.25. The van der Waals surface area contributed by atoms with Crippen molar-refractivity contribution in [2.45, 2.75) is 19.1 Å². The molecule has 0 radical (unpaired) electrons. The molecule has 8 heavy (non-hydrogen) atoms. The number of hydrogen-bond acceptors (Lipinski definition) is 1. The standard InChI is InChI=1S/C6H11NS/c1-6(2)8-5-4-7-3/h6H,4-5H2,1-2H3. The molecule has 46 valence electrons. The van der Waals surface area contributed by atoms with Crippen LogP contribution in [0, 0.1) is 6.57 Å². The van der Waals surface area contributed by atoms with Gasteiger partial charge in [0.25, 0.3) is 0 Å². The van der Waals surface area contributed by atoms with E-state index in [1.54, 1.807) is 0 Å². The van der Waals surface area contributed by atoms with Crippen molar-refractivity contribution in [3.63, 3.8) is 0 Å². The Morgan fingerprint density at radius 3 is 2.62 bits per heavy atom. The Balaban J connectivity index is 2.85. The molecule has 2 heteroatoms. The lowest BCUT2D eigenvalue weighted by atomic mass is 10.6. The number of thioether (sulfide) groups is 1. The Morgan fingerprint density at radius 2 is 2.25 bits per heavy atom. The molecule has 0 aromatic heterocycles. The van der Waals surface area contributed by atoms with E-state index in [0.29, 0.717) is 11.8 Å². The highest BCUT2D eigenvalue weighted by atomic mass is 32.2. The molecule has 1 nitrogen and oxygen atoms in total. The summed E-state index contributed by atoms with van der Waals surface area (Å²) < 4.78 is 0. The van der Waals surface area contributed by atoms with Crippen LogP contribution in [0.15, 0.2) is 0 Å². The summed E-state index contributed by atoms with van der Waals surface area (Å²) in [6.07, 6.45) is 0. The van der Waals surface area contributed by atoms with E-state index in [1.807, 2.05) is 11.8 Å². The van der Waals surface area contributed by atoms with Crippen LogP contribution < -0.4 is 0 Å². The largest absolute Gasteiger partial charge is 0.316 e. The molecule has 0 fully saturated rings. The minimum atomic E-state index is 0.669. The zero-order chi connectivity index (χ0) is 6.41. The van der Waals surface area contributed by atoms with Crippen LogP contribution in [0.1, 0.15) is 13.8 Å². The van der Waals surface area contributed by atoms with Gasteiger partial charge in [-0.1, -0.05) is 13.8 Å². The van der Waals surface area contributed by atoms with Crippen molar-refractivity contribution in [3.8, 4) is 0 Å². The Hall–Kier alpha value is -0.160. The van der Waals surface area contributed by atoms with Gasteiger partial charge in [-0.3, -0.25) is 0 Å². The van der Waals surface area contributed by atoms with Crippen LogP contribution in [-0.2, 0) is 0 Å². The van der Waals surface area contributed by atoms with E-state index in [9.17, 15) is 0 Å². The summed E-state index contributed by atoms with van der Waals surface area (Å²) in [6, 6.07) is 0. The van der Waals surface area contributed by atoms with Crippen LogP contribution in [-0.4, -0.2) is 17.5 Å². The van der Waals surface area contributed by atoms with E-state index in [4.69, 9.17) is 6.57 Å². The molecule has 0 saturated carbocycles. The molecule has 0 aromatic carbocycles. The van der Waals surface area contributed by atoms with Gasteiger partial charge in [0.1, 0.15) is 0 Å². The van der Waals surface area contributed by atoms with Gasteiger partial charge in [-0.2, -0.15) is 11.8 Å². The molecule has 0 rings (SSSR count). The van der Waals surface area contributed by atoms with Crippen LogP contribution in [0.3, 0.4) is 0 Å². The van der Waals surface area contributed by atoms with E-state index < -0.39 is 0 Å². The Morgan fingerprint density at radius 1 is 1.62 bits per heavy atom. The maximum absolute atomic E-state index is 6.46. The summed E-state index contributed by atoms with van der Waals surface area (Å²) in [4.78, 5) is 3.24. The van der Waals surface area contributed by atoms with Crippen molar-refractivity contribution in [1.29, 1.82) is 0 Å². The van der Waals surface area contributed by atoms with Crippen molar-refractivity contribution in [2.24, 2.45) is 0 Å². The number of hydrogen-bond donors (Lipinski definition) is 0. The van der Waals surface area contributed by atoms with Gasteiger partial charge in [-0.05, 0) is 5.25 Å². The first-order valence-corrected chi connectivity index (χ1v) is 3.77. The summed E-state index contributed by atoms with van der Waals surface area (Å²) in [5, 5.41) is 0.678. The smallest absolute Gasteiger partial charge is 0.223 e. The third-order valence-corrected chi connectivity index (χ3v) is 1.74. The van der Waals surface area contributed by atoms with E-state index >= 15 is 0 Å². The van der Waals surface area contributed by atoms with Crippen molar-refractivity contribution in [1.82, 2.24) is 0 Å². The van der Waals surface area contributed by atoms with Crippen molar-refractivity contribution < 1.29 is 0 Å². The molecule has 0 spiro atoms. The molecule has 0 saturated heterocycles. The summed E-state index contributed by atoms with van der Waals surface area (Å²) in [5.74, 6) is 0.987. The van der Waals surface area contributed by atoms with E-state index in [-0.39, 0.29) is 0 Å². The highest BCUT2D eigenvalue weighted by molar-refractivity contribution is 7.99. The Kier molecular flexibility index (Phi) is 4.89. The maximum Gasteiger partial charge on any atom is 0.223 e. The predicted molar refractivity (Wildman–Crippen MR) is 39.1 cm³/mol. The molecule has 0 unspecified atom stereocenters. The zero-order valence-electron chi connectivity index (χ0n) is 5.35. The number of rotatable bonds is 3. The quantitative estimate of drug-likeness (QED) is 0.417. The van der Waals surface area contributed by atoms with Crippen molar-refractivity contribution >= 4 is 11.8 Å². The average molecular weight is 129 g/mol. The lowest BCUT2D eigenvalue weighted by molar-refractivity contribution is 1.11. The molecule has 0 aromatic rings. The fraction of sp³-hybridized carbons (Fsp3) is 0.833. The number of nitrogens with zero attached hydrogens (tertiary/aromatic N) is 1. The van der Waals surface area contributed by atoms with E-state index in [1.165, 1.54) is 0 Å². The molecule has 0 aliphatic rings. The first-order chi connectivity index (χ1) is 3.77. The van der Waals surface area contributed by atoms with Gasteiger partial charge < -0.3 is 4.85 Å². The van der Waals surface area contributed by atoms with Gasteiger partial charge in [-0.15, -0.1) is 0 Å². The van der Waals surface area contributed by atoms with Gasteiger partial charge in [0.2, 0.25) is 6.54 Å². The monoisotopic (exact) mass is 129 g/mol. The second-order valence-electron chi connectivity index (χ2n) is 1.80. The van der Waals surface area contributed by atoms with Crippen LogP contribution in [0.5, 0.6) is 0 Å². The minimum absolute atomic E-state index is 0.669. The summed E-state index contributed by atoms with van der Waals surface area (Å²) in [6.45, 7) is 11.4. The molecule has 0 aliphatic carbocycles. The van der Waals surface area contributed by atoms with Crippen LogP contribution in [0.25, 0.3) is 4.85 Å². The van der Waals surface area contributed by atoms with Crippen molar-refractivity contribution in [2.75, 3.05) is 12.3 Å². The van der Waals surface area contributed by atoms with Gasteiger partial charge in [0, 0.05) is 0 Å². The summed E-state index contributed by atoms with van der Waals surface area (Å²) >= 11 is 1.84. The third kappa shape index (κ3) is 5.84. The first-order valence-electron chi connectivity index (χ1n) is 2.72. The molecule has 0 aliphatic heterocycles. The average Bonchev–Trinajstić information content (AvgIpc) is 1.66. The fourth-order valence-electron chi connectivity index (χ4n) is 0.334. The fourth-order valence-corrected chi connectivity index (χ4v) is 1.00. The molecular formula is C6H11NS. The van der Waals surface area contributed by atoms with Crippen LogP contribution >= 0.6 is 11.8 Å². The molecule has 0 N–H and O–H groups in total. The molecule has 0 heterocycles. The van der Waals surface area contributed by atoms with E-state index in [0.717, 1.165) is 5.75 Å². The Labute approximate surface area is 55.3 Å². The third-order valence-electron chi connectivity index (χ3n) is 0.654. The second kappa shape index (κ2) is 4.99. The lowest BCUT2D eigenvalue weighted by Crippen LogP contribution is -1.90. The Bertz CT molecular complexity index is 83.0. The van der Waals surface area contributed by atoms with Crippen LogP contribution in [0.2, 0.25) is 0 Å². The minimum Gasteiger partial charge on any atom is -0.316 e. The zero-order valence-corrected chi connectivity index (χ0v) is 6.16. The topological polar surface area (TPSA) is 4.36 Å². The first kappa shape index (κ1) is 7.84. The molecule has 0 atom stereocenters. The highest BCUT2D eigenvalue weighted by Crippen LogP contribution is 2.07. The van der Waals surface area contributed by atoms with Gasteiger partial charge in [0.15, 0.2) is 0 Å².